The van der Waals surface area contributed by atoms with Crippen LogP contribution in [0.15, 0.2) is 48.5 Å². The number of nitrogens with one attached hydrogen (secondary N) is 2. The summed E-state index contributed by atoms with van der Waals surface area (Å²) < 4.78 is 5.59. The maximum absolute atomic E-state index is 12.5. The number of benzene rings is 2. The average Bonchev–Trinajstić information content (AvgIpc) is 2.79. The van der Waals surface area contributed by atoms with Crippen LogP contribution in [0.1, 0.15) is 43.2 Å². The van der Waals surface area contributed by atoms with Gasteiger partial charge in [0.2, 0.25) is 0 Å². The molecule has 32 heavy (non-hydrogen) atoms. The summed E-state index contributed by atoms with van der Waals surface area (Å²) in [6.07, 6.45) is 7.03. The molecule has 1 aliphatic heterocycles. The number of aryl methyl sites for hydroxylation is 1. The third-order valence-electron chi connectivity index (χ3n) is 6.68. The minimum Gasteiger partial charge on any atom is -0.484 e. The van der Waals surface area contributed by atoms with Gasteiger partial charge in [0.1, 0.15) is 5.75 Å². The average molecular weight is 436 g/mol. The molecule has 0 unspecified atom stereocenters. The van der Waals surface area contributed by atoms with Crippen molar-refractivity contribution in [1.29, 1.82) is 0 Å². The van der Waals surface area contributed by atoms with Crippen LogP contribution in [0, 0.1) is 12.3 Å². The van der Waals surface area contributed by atoms with E-state index in [1.54, 1.807) is 0 Å². The molecule has 3 amide bonds. The van der Waals surface area contributed by atoms with Gasteiger partial charge in [0.25, 0.3) is 5.91 Å². The molecule has 4 rings (SSSR count). The van der Waals surface area contributed by atoms with Crippen LogP contribution in [0.25, 0.3) is 0 Å². The van der Waals surface area contributed by atoms with Crippen LogP contribution in [0.4, 0.5) is 10.5 Å². The number of nitrogens with zero attached hydrogens (tertiary/aromatic N) is 1. The molecular formula is C26H33N3O3. The third kappa shape index (κ3) is 5.81. The topological polar surface area (TPSA) is 70.7 Å². The van der Waals surface area contributed by atoms with E-state index < -0.39 is 0 Å². The van der Waals surface area contributed by atoms with Gasteiger partial charge >= 0.3 is 6.03 Å². The minimum atomic E-state index is -0.193. The van der Waals surface area contributed by atoms with Gasteiger partial charge in [0, 0.05) is 25.3 Å². The monoisotopic (exact) mass is 435 g/mol. The molecule has 0 bridgehead atoms. The quantitative estimate of drug-likeness (QED) is 0.671. The number of carbonyl (C=O) groups is 2. The highest BCUT2D eigenvalue weighted by atomic mass is 16.5. The van der Waals surface area contributed by atoms with E-state index >= 15 is 0 Å². The molecule has 170 valence electrons. The Morgan fingerprint density at radius 3 is 2.41 bits per heavy atom. The Hall–Kier alpha value is -3.02. The lowest BCUT2D eigenvalue weighted by atomic mass is 9.64. The largest absolute Gasteiger partial charge is 0.484 e. The Bertz CT molecular complexity index is 920. The Morgan fingerprint density at radius 1 is 1.00 bits per heavy atom. The summed E-state index contributed by atoms with van der Waals surface area (Å²) in [6.45, 7) is 4.37. The van der Waals surface area contributed by atoms with Gasteiger partial charge in [-0.2, -0.15) is 0 Å². The molecule has 2 fully saturated rings. The lowest BCUT2D eigenvalue weighted by Crippen LogP contribution is -2.52. The van der Waals surface area contributed by atoms with E-state index in [-0.39, 0.29) is 18.5 Å². The molecule has 1 saturated heterocycles. The van der Waals surface area contributed by atoms with Gasteiger partial charge in [-0.1, -0.05) is 36.2 Å². The van der Waals surface area contributed by atoms with Crippen LogP contribution >= 0.6 is 0 Å². The lowest BCUT2D eigenvalue weighted by molar-refractivity contribution is -0.118. The summed E-state index contributed by atoms with van der Waals surface area (Å²) in [4.78, 5) is 26.6. The van der Waals surface area contributed by atoms with Crippen molar-refractivity contribution in [2.24, 2.45) is 5.41 Å². The number of amides is 3. The second-order valence-corrected chi connectivity index (χ2v) is 9.21. The first-order chi connectivity index (χ1) is 15.5. The number of carbonyl (C=O) groups excluding carboxylic acids is 2. The summed E-state index contributed by atoms with van der Waals surface area (Å²) in [5, 5.41) is 5.89. The fraction of sp³-hybridized carbons (Fsp3) is 0.462. The maximum atomic E-state index is 12.5. The number of hydrogen-bond donors (Lipinski definition) is 2. The Balaban J connectivity index is 1.16. The molecule has 2 N–H and O–H groups in total. The number of anilines is 1. The maximum Gasteiger partial charge on any atom is 0.317 e. The zero-order valence-corrected chi connectivity index (χ0v) is 18.9. The number of hydrogen-bond acceptors (Lipinski definition) is 3. The van der Waals surface area contributed by atoms with Gasteiger partial charge in [-0.25, -0.2) is 4.79 Å². The van der Waals surface area contributed by atoms with Crippen molar-refractivity contribution in [3.63, 3.8) is 0 Å². The van der Waals surface area contributed by atoms with E-state index in [2.05, 4.69) is 10.6 Å². The van der Waals surface area contributed by atoms with Crippen molar-refractivity contribution in [3.8, 4) is 5.75 Å². The Labute approximate surface area is 190 Å². The highest BCUT2D eigenvalue weighted by Gasteiger charge is 2.41. The fourth-order valence-electron chi connectivity index (χ4n) is 4.63. The van der Waals surface area contributed by atoms with Crippen molar-refractivity contribution >= 4 is 17.6 Å². The summed E-state index contributed by atoms with van der Waals surface area (Å²) in [6, 6.07) is 15.4. The predicted molar refractivity (Wildman–Crippen MR) is 126 cm³/mol. The molecule has 2 aliphatic rings. The highest BCUT2D eigenvalue weighted by Crippen LogP contribution is 2.47. The van der Waals surface area contributed by atoms with Gasteiger partial charge in [0.05, 0.1) is 0 Å². The number of urea groups is 1. The summed E-state index contributed by atoms with van der Waals surface area (Å²) >= 11 is 0. The molecule has 1 saturated carbocycles. The van der Waals surface area contributed by atoms with E-state index in [4.69, 9.17) is 4.74 Å². The molecule has 1 spiro atoms. The number of rotatable bonds is 7. The smallest absolute Gasteiger partial charge is 0.317 e. The Kier molecular flexibility index (Phi) is 6.98. The second-order valence-electron chi connectivity index (χ2n) is 9.21. The van der Waals surface area contributed by atoms with Gasteiger partial charge in [-0.3, -0.25) is 4.79 Å². The first-order valence-electron chi connectivity index (χ1n) is 11.6. The van der Waals surface area contributed by atoms with Crippen LogP contribution in [-0.2, 0) is 11.2 Å². The molecule has 6 heteroatoms. The second kappa shape index (κ2) is 10.1. The van der Waals surface area contributed by atoms with Crippen molar-refractivity contribution in [2.45, 2.75) is 45.4 Å². The van der Waals surface area contributed by atoms with Gasteiger partial charge in [0.15, 0.2) is 6.61 Å². The summed E-state index contributed by atoms with van der Waals surface area (Å²) in [5.41, 5.74) is 3.44. The molecule has 0 atom stereocenters. The van der Waals surface area contributed by atoms with Crippen LogP contribution in [-0.4, -0.2) is 43.1 Å². The first kappa shape index (κ1) is 22.2. The van der Waals surface area contributed by atoms with Gasteiger partial charge in [-0.15, -0.1) is 0 Å². The van der Waals surface area contributed by atoms with E-state index in [1.165, 1.54) is 25.7 Å². The Morgan fingerprint density at radius 2 is 1.72 bits per heavy atom. The third-order valence-corrected chi connectivity index (χ3v) is 6.68. The number of piperidine rings is 1. The van der Waals surface area contributed by atoms with Gasteiger partial charge < -0.3 is 20.3 Å². The fourth-order valence-corrected chi connectivity index (χ4v) is 4.63. The normalized spacial score (nSPS) is 16.8. The number of likely N-dealkylation sites (tertiary alicyclic amines) is 1. The van der Waals surface area contributed by atoms with E-state index in [1.807, 2.05) is 60.4 Å². The van der Waals surface area contributed by atoms with Crippen LogP contribution in [0.3, 0.4) is 0 Å². The summed E-state index contributed by atoms with van der Waals surface area (Å²) in [7, 11) is 0. The molecular weight excluding hydrogens is 402 g/mol. The van der Waals surface area contributed by atoms with Crippen molar-refractivity contribution in [2.75, 3.05) is 31.6 Å². The highest BCUT2D eigenvalue weighted by molar-refractivity contribution is 5.91. The van der Waals surface area contributed by atoms with Crippen LogP contribution in [0.2, 0.25) is 0 Å². The molecule has 0 aromatic heterocycles. The van der Waals surface area contributed by atoms with Crippen molar-refractivity contribution in [1.82, 2.24) is 10.2 Å². The molecule has 0 radical (unpaired) electrons. The molecule has 1 heterocycles. The zero-order chi connectivity index (χ0) is 22.4. The van der Waals surface area contributed by atoms with E-state index in [0.29, 0.717) is 17.7 Å². The van der Waals surface area contributed by atoms with E-state index in [0.717, 1.165) is 42.7 Å². The van der Waals surface area contributed by atoms with Gasteiger partial charge in [-0.05, 0) is 74.3 Å². The van der Waals surface area contributed by atoms with Crippen LogP contribution < -0.4 is 15.4 Å². The van der Waals surface area contributed by atoms with Crippen molar-refractivity contribution < 1.29 is 14.3 Å². The lowest BCUT2D eigenvalue weighted by Gasteiger charge is -2.48. The van der Waals surface area contributed by atoms with Crippen molar-refractivity contribution in [3.05, 3.63) is 59.7 Å². The standard InChI is InChI=1S/C26H33N3O3/c1-20-4-8-22(9-5-20)28-24(30)18-32-23-10-6-21(7-11-23)12-16-27-25(31)29-17-3-15-26(19-29)13-2-14-26/h4-11H,2-3,12-19H2,1H3,(H,27,31)(H,28,30). The SMILES string of the molecule is Cc1ccc(NC(=O)COc2ccc(CCNC(=O)N3CCCC4(CCC4)C3)cc2)cc1. The molecule has 2 aromatic rings. The summed E-state index contributed by atoms with van der Waals surface area (Å²) in [5.74, 6) is 0.456. The predicted octanol–water partition coefficient (Wildman–Crippen LogP) is 4.53. The van der Waals surface area contributed by atoms with Crippen LogP contribution in [0.5, 0.6) is 5.75 Å². The molecule has 1 aliphatic carbocycles. The van der Waals surface area contributed by atoms with E-state index in [9.17, 15) is 9.59 Å². The first-order valence-corrected chi connectivity index (χ1v) is 11.6. The zero-order valence-electron chi connectivity index (χ0n) is 18.9. The minimum absolute atomic E-state index is 0.0411. The molecule has 2 aromatic carbocycles. The number of ether oxygens (including phenoxy) is 1. The molecule has 6 nitrogen and oxygen atoms in total.